The summed E-state index contributed by atoms with van der Waals surface area (Å²) in [4.78, 5) is 24.8. The van der Waals surface area contributed by atoms with Crippen LogP contribution in [0.25, 0.3) is 0 Å². The molecule has 0 aromatic heterocycles. The van der Waals surface area contributed by atoms with Crippen molar-refractivity contribution in [3.05, 3.63) is 0 Å². The van der Waals surface area contributed by atoms with Gasteiger partial charge in [-0.15, -0.1) is 0 Å². The topological polar surface area (TPSA) is 66.8 Å². The molecule has 2 fully saturated rings. The monoisotopic (exact) mass is 255 g/mol. The number of carbonyl (C=O) groups excluding carboxylic acids is 1. The molecule has 1 aliphatic carbocycles. The highest BCUT2D eigenvalue weighted by Gasteiger charge is 2.56. The SMILES string of the molecule is CC(C)(C)OC(=O)N1CC[C@H](C(=O)O)C2(CC2)C1. The Kier molecular flexibility index (Phi) is 3.03. The van der Waals surface area contributed by atoms with Crippen molar-refractivity contribution in [3.8, 4) is 0 Å². The number of hydrogen-bond acceptors (Lipinski definition) is 3. The minimum Gasteiger partial charge on any atom is -0.481 e. The minimum atomic E-state index is -0.726. The number of rotatable bonds is 1. The third kappa shape index (κ3) is 2.60. The van der Waals surface area contributed by atoms with E-state index < -0.39 is 11.6 Å². The van der Waals surface area contributed by atoms with Gasteiger partial charge >= 0.3 is 12.1 Å². The van der Waals surface area contributed by atoms with Crippen molar-refractivity contribution in [1.29, 1.82) is 0 Å². The van der Waals surface area contributed by atoms with E-state index in [0.29, 0.717) is 19.5 Å². The molecule has 1 saturated heterocycles. The first kappa shape index (κ1) is 13.2. The molecule has 18 heavy (non-hydrogen) atoms. The quantitative estimate of drug-likeness (QED) is 0.779. The lowest BCUT2D eigenvalue weighted by Crippen LogP contribution is -2.48. The van der Waals surface area contributed by atoms with E-state index in [-0.39, 0.29) is 17.4 Å². The molecule has 1 aliphatic heterocycles. The van der Waals surface area contributed by atoms with Crippen molar-refractivity contribution >= 4 is 12.1 Å². The van der Waals surface area contributed by atoms with Crippen LogP contribution in [0.5, 0.6) is 0 Å². The van der Waals surface area contributed by atoms with E-state index >= 15 is 0 Å². The molecule has 0 radical (unpaired) electrons. The molecule has 1 saturated carbocycles. The van der Waals surface area contributed by atoms with Gasteiger partial charge in [-0.25, -0.2) is 4.79 Å². The number of ether oxygens (including phenoxy) is 1. The van der Waals surface area contributed by atoms with Gasteiger partial charge in [0.05, 0.1) is 5.92 Å². The van der Waals surface area contributed by atoms with Crippen LogP contribution in [-0.4, -0.2) is 40.8 Å². The van der Waals surface area contributed by atoms with Gasteiger partial charge in [-0.1, -0.05) is 0 Å². The summed E-state index contributed by atoms with van der Waals surface area (Å²) in [7, 11) is 0. The smallest absolute Gasteiger partial charge is 0.410 e. The average molecular weight is 255 g/mol. The molecular weight excluding hydrogens is 234 g/mol. The second kappa shape index (κ2) is 4.14. The summed E-state index contributed by atoms with van der Waals surface area (Å²) < 4.78 is 5.33. The lowest BCUT2D eigenvalue weighted by Gasteiger charge is -2.37. The molecule has 1 spiro atoms. The highest BCUT2D eigenvalue weighted by atomic mass is 16.6. The summed E-state index contributed by atoms with van der Waals surface area (Å²) in [5.74, 6) is -1.02. The fourth-order valence-electron chi connectivity index (χ4n) is 2.70. The van der Waals surface area contributed by atoms with Crippen LogP contribution in [0.15, 0.2) is 0 Å². The lowest BCUT2D eigenvalue weighted by molar-refractivity contribution is -0.146. The van der Waals surface area contributed by atoms with Crippen molar-refractivity contribution in [1.82, 2.24) is 4.90 Å². The molecule has 102 valence electrons. The zero-order chi connectivity index (χ0) is 13.6. The molecule has 1 amide bonds. The molecule has 0 bridgehead atoms. The van der Waals surface area contributed by atoms with Gasteiger partial charge in [0.15, 0.2) is 0 Å². The van der Waals surface area contributed by atoms with Gasteiger partial charge in [0, 0.05) is 18.5 Å². The average Bonchev–Trinajstić information content (AvgIpc) is 2.95. The number of likely N-dealkylation sites (tertiary alicyclic amines) is 1. The van der Waals surface area contributed by atoms with Crippen LogP contribution in [0.4, 0.5) is 4.79 Å². The molecule has 2 rings (SSSR count). The summed E-state index contributed by atoms with van der Waals surface area (Å²) in [6.07, 6.45) is 2.03. The maximum absolute atomic E-state index is 12.0. The van der Waals surface area contributed by atoms with Crippen molar-refractivity contribution in [2.45, 2.75) is 45.6 Å². The molecule has 0 unspecified atom stereocenters. The first-order chi connectivity index (χ1) is 8.23. The Morgan fingerprint density at radius 1 is 1.33 bits per heavy atom. The largest absolute Gasteiger partial charge is 0.481 e. The summed E-state index contributed by atoms with van der Waals surface area (Å²) in [6, 6.07) is 0. The van der Waals surface area contributed by atoms with E-state index in [2.05, 4.69) is 0 Å². The Balaban J connectivity index is 1.99. The Hall–Kier alpha value is -1.26. The Bertz CT molecular complexity index is 368. The van der Waals surface area contributed by atoms with Crippen LogP contribution in [0.3, 0.4) is 0 Å². The molecule has 1 heterocycles. The van der Waals surface area contributed by atoms with Crippen molar-refractivity contribution in [3.63, 3.8) is 0 Å². The van der Waals surface area contributed by atoms with Crippen LogP contribution < -0.4 is 0 Å². The summed E-state index contributed by atoms with van der Waals surface area (Å²) in [5.41, 5.74) is -0.682. The fraction of sp³-hybridized carbons (Fsp3) is 0.846. The third-order valence-electron chi connectivity index (χ3n) is 3.77. The zero-order valence-corrected chi connectivity index (χ0v) is 11.2. The van der Waals surface area contributed by atoms with Crippen LogP contribution in [0.2, 0.25) is 0 Å². The second-order valence-electron chi connectivity index (χ2n) is 6.44. The first-order valence-electron chi connectivity index (χ1n) is 6.44. The molecule has 5 heteroatoms. The van der Waals surface area contributed by atoms with Gasteiger partial charge in [-0.2, -0.15) is 0 Å². The predicted molar refractivity (Wildman–Crippen MR) is 65.2 cm³/mol. The Labute approximate surface area is 107 Å². The number of piperidine rings is 1. The number of carboxylic acid groups (broad SMARTS) is 1. The normalized spacial score (nSPS) is 25.9. The van der Waals surface area contributed by atoms with Crippen LogP contribution in [-0.2, 0) is 9.53 Å². The van der Waals surface area contributed by atoms with Crippen molar-refractivity contribution in [2.24, 2.45) is 11.3 Å². The fourth-order valence-corrected chi connectivity index (χ4v) is 2.70. The highest BCUT2D eigenvalue weighted by molar-refractivity contribution is 5.73. The maximum Gasteiger partial charge on any atom is 0.410 e. The number of aliphatic carboxylic acids is 1. The van der Waals surface area contributed by atoms with E-state index in [9.17, 15) is 14.7 Å². The molecule has 0 aromatic rings. The van der Waals surface area contributed by atoms with Gasteiger partial charge < -0.3 is 14.7 Å². The van der Waals surface area contributed by atoms with E-state index in [4.69, 9.17) is 4.74 Å². The predicted octanol–water partition coefficient (Wildman–Crippen LogP) is 2.11. The third-order valence-corrected chi connectivity index (χ3v) is 3.77. The van der Waals surface area contributed by atoms with Crippen LogP contribution in [0.1, 0.15) is 40.0 Å². The summed E-state index contributed by atoms with van der Waals surface area (Å²) >= 11 is 0. The maximum atomic E-state index is 12.0. The van der Waals surface area contributed by atoms with Crippen molar-refractivity contribution < 1.29 is 19.4 Å². The Morgan fingerprint density at radius 3 is 2.39 bits per heavy atom. The summed E-state index contributed by atoms with van der Waals surface area (Å²) in [6.45, 7) is 6.51. The molecule has 1 atom stereocenters. The Morgan fingerprint density at radius 2 is 1.94 bits per heavy atom. The van der Waals surface area contributed by atoms with E-state index in [0.717, 1.165) is 12.8 Å². The molecule has 0 aromatic carbocycles. The number of carboxylic acids is 1. The van der Waals surface area contributed by atoms with Gasteiger partial charge in [0.25, 0.3) is 0 Å². The molecule has 2 aliphatic rings. The molecule has 1 N–H and O–H groups in total. The van der Waals surface area contributed by atoms with Gasteiger partial charge in [-0.05, 0) is 40.0 Å². The number of nitrogens with zero attached hydrogens (tertiary/aromatic N) is 1. The lowest BCUT2D eigenvalue weighted by atomic mass is 9.82. The first-order valence-corrected chi connectivity index (χ1v) is 6.44. The van der Waals surface area contributed by atoms with Crippen molar-refractivity contribution in [2.75, 3.05) is 13.1 Å². The van der Waals surface area contributed by atoms with Gasteiger partial charge in [0.1, 0.15) is 5.60 Å². The van der Waals surface area contributed by atoms with E-state index in [1.807, 2.05) is 20.8 Å². The van der Waals surface area contributed by atoms with E-state index in [1.165, 1.54) is 0 Å². The number of carbonyl (C=O) groups is 2. The van der Waals surface area contributed by atoms with E-state index in [1.54, 1.807) is 4.90 Å². The molecular formula is C13H21NO4. The number of amides is 1. The van der Waals surface area contributed by atoms with Gasteiger partial charge in [-0.3, -0.25) is 4.79 Å². The number of hydrogen-bond donors (Lipinski definition) is 1. The molecule has 5 nitrogen and oxygen atoms in total. The highest BCUT2D eigenvalue weighted by Crippen LogP contribution is 2.55. The van der Waals surface area contributed by atoms with Crippen LogP contribution in [0, 0.1) is 11.3 Å². The van der Waals surface area contributed by atoms with Crippen LogP contribution >= 0.6 is 0 Å². The standard InChI is InChI=1S/C13H21NO4/c1-12(2,3)18-11(17)14-7-4-9(10(15)16)13(8-14)5-6-13/h9H,4-8H2,1-3H3,(H,15,16)/t9-/m1/s1. The zero-order valence-electron chi connectivity index (χ0n) is 11.2. The van der Waals surface area contributed by atoms with Gasteiger partial charge in [0.2, 0.25) is 0 Å². The summed E-state index contributed by atoms with van der Waals surface area (Å²) in [5, 5.41) is 9.19. The second-order valence-corrected chi connectivity index (χ2v) is 6.44. The minimum absolute atomic E-state index is 0.180.